The Morgan fingerprint density at radius 2 is 2.25 bits per heavy atom. The first-order chi connectivity index (χ1) is 13.0. The fraction of sp³-hybridized carbons (Fsp3) is 0.412. The summed E-state index contributed by atoms with van der Waals surface area (Å²) in [5.41, 5.74) is 1.18. The number of aromatic nitrogens is 2. The minimum Gasteiger partial charge on any atom is -0.412 e. The molecule has 1 saturated heterocycles. The molecule has 0 radical (unpaired) electrons. The molecule has 0 bridgehead atoms. The number of nitrogens with one attached hydrogen (secondary N) is 1. The Morgan fingerprint density at radius 1 is 1.46 bits per heavy atom. The lowest BCUT2D eigenvalue weighted by molar-refractivity contribution is -0.129. The van der Waals surface area contributed by atoms with Crippen LogP contribution in [-0.4, -0.2) is 62.4 Å². The molecule has 1 aliphatic rings. The second-order valence-corrected chi connectivity index (χ2v) is 7.99. The van der Waals surface area contributed by atoms with Gasteiger partial charge in [-0.1, -0.05) is 17.8 Å². The summed E-state index contributed by atoms with van der Waals surface area (Å²) in [5, 5.41) is 25.5. The predicted molar refractivity (Wildman–Crippen MR) is 105 cm³/mol. The molecule has 1 aliphatic heterocycles. The number of aliphatic hydroxyl groups excluding tert-OH is 1. The standard InChI is InChI=1S/C17H18BrFN4O3S.H2O/c18-12-6-10(3-4-13(12)19)7-14(20)16-17(22-26-21-16)27-9-15(25)23-5-1-2-11(23)8-24;/h3-4,6,11,20,24H,1-2,5,7-9H2;1H2/t11-;/m1./s1. The molecular weight excluding hydrogens is 455 g/mol. The highest BCUT2D eigenvalue weighted by molar-refractivity contribution is 9.10. The Morgan fingerprint density at radius 3 is 2.96 bits per heavy atom. The van der Waals surface area contributed by atoms with Gasteiger partial charge >= 0.3 is 0 Å². The van der Waals surface area contributed by atoms with E-state index in [2.05, 4.69) is 26.2 Å². The SMILES string of the molecule is N=C(Cc1ccc(F)c(Br)c1)c1nonc1SCC(=O)N1CCC[C@@H]1CO.O. The van der Waals surface area contributed by atoms with Gasteiger partial charge in [-0.25, -0.2) is 9.02 Å². The number of carbonyl (C=O) groups excluding carboxylic acids is 1. The van der Waals surface area contributed by atoms with Crippen molar-refractivity contribution >= 4 is 39.3 Å². The fourth-order valence-electron chi connectivity index (χ4n) is 2.96. The van der Waals surface area contributed by atoms with Gasteiger partial charge in [0.2, 0.25) is 5.91 Å². The number of halogens is 2. The van der Waals surface area contributed by atoms with Crippen molar-refractivity contribution in [2.75, 3.05) is 18.9 Å². The van der Waals surface area contributed by atoms with E-state index < -0.39 is 0 Å². The Labute approximate surface area is 173 Å². The second kappa shape index (κ2) is 10.1. The molecule has 0 saturated carbocycles. The van der Waals surface area contributed by atoms with Gasteiger partial charge in [0, 0.05) is 13.0 Å². The molecule has 11 heteroatoms. The summed E-state index contributed by atoms with van der Waals surface area (Å²) >= 11 is 4.28. The van der Waals surface area contributed by atoms with Crippen molar-refractivity contribution in [2.45, 2.75) is 30.3 Å². The number of rotatable bonds is 7. The second-order valence-electron chi connectivity index (χ2n) is 6.18. The zero-order valence-corrected chi connectivity index (χ0v) is 17.2. The van der Waals surface area contributed by atoms with Crippen molar-refractivity contribution in [1.29, 1.82) is 5.41 Å². The Balaban J connectivity index is 0.00000280. The van der Waals surface area contributed by atoms with Gasteiger partial charge in [0.05, 0.1) is 28.6 Å². The maximum atomic E-state index is 13.3. The molecule has 8 nitrogen and oxygen atoms in total. The Kier molecular flexibility index (Phi) is 8.10. The van der Waals surface area contributed by atoms with E-state index in [1.807, 2.05) is 0 Å². The number of nitrogens with zero attached hydrogens (tertiary/aromatic N) is 3. The van der Waals surface area contributed by atoms with E-state index in [4.69, 9.17) is 10.0 Å². The van der Waals surface area contributed by atoms with E-state index in [-0.39, 0.29) is 53.4 Å². The van der Waals surface area contributed by atoms with Crippen LogP contribution in [0.1, 0.15) is 24.1 Å². The normalized spacial score (nSPS) is 16.1. The molecule has 1 aromatic heterocycles. The lowest BCUT2D eigenvalue weighted by Crippen LogP contribution is -2.38. The highest BCUT2D eigenvalue weighted by Gasteiger charge is 2.28. The molecular formula is C17H20BrFN4O4S. The molecule has 2 heterocycles. The maximum Gasteiger partial charge on any atom is 0.233 e. The largest absolute Gasteiger partial charge is 0.412 e. The van der Waals surface area contributed by atoms with Crippen molar-refractivity contribution in [3.63, 3.8) is 0 Å². The molecule has 152 valence electrons. The Hall–Kier alpha value is -1.82. The number of hydrogen-bond acceptors (Lipinski definition) is 7. The number of carbonyl (C=O) groups is 1. The number of aliphatic hydroxyl groups is 1. The van der Waals surface area contributed by atoms with Crippen LogP contribution in [-0.2, 0) is 11.2 Å². The van der Waals surface area contributed by atoms with Crippen LogP contribution in [0.4, 0.5) is 4.39 Å². The van der Waals surface area contributed by atoms with Crippen molar-refractivity contribution in [2.24, 2.45) is 0 Å². The number of hydrogen-bond donors (Lipinski definition) is 2. The third-order valence-corrected chi connectivity index (χ3v) is 5.89. The zero-order chi connectivity index (χ0) is 19.4. The van der Waals surface area contributed by atoms with Crippen LogP contribution < -0.4 is 0 Å². The van der Waals surface area contributed by atoms with Gasteiger partial charge in [-0.05, 0) is 56.8 Å². The summed E-state index contributed by atoms with van der Waals surface area (Å²) < 4.78 is 18.4. The van der Waals surface area contributed by atoms with Gasteiger partial charge < -0.3 is 20.9 Å². The highest BCUT2D eigenvalue weighted by atomic mass is 79.9. The molecule has 1 aromatic carbocycles. The van der Waals surface area contributed by atoms with Crippen molar-refractivity contribution in [1.82, 2.24) is 15.2 Å². The molecule has 28 heavy (non-hydrogen) atoms. The molecule has 0 spiro atoms. The molecule has 4 N–H and O–H groups in total. The van der Waals surface area contributed by atoms with Gasteiger partial charge in [0.25, 0.3) is 0 Å². The first kappa shape index (κ1) is 22.5. The number of likely N-dealkylation sites (tertiary alicyclic amines) is 1. The van der Waals surface area contributed by atoms with Crippen LogP contribution in [0, 0.1) is 11.2 Å². The van der Waals surface area contributed by atoms with E-state index in [9.17, 15) is 14.3 Å². The highest BCUT2D eigenvalue weighted by Crippen LogP contribution is 2.24. The van der Waals surface area contributed by atoms with Crippen LogP contribution in [0.2, 0.25) is 0 Å². The maximum absolute atomic E-state index is 13.3. The molecule has 3 rings (SSSR count). The monoisotopic (exact) mass is 474 g/mol. The van der Waals surface area contributed by atoms with E-state index in [1.54, 1.807) is 17.0 Å². The fourth-order valence-corrected chi connectivity index (χ4v) is 4.20. The zero-order valence-electron chi connectivity index (χ0n) is 14.8. The van der Waals surface area contributed by atoms with Crippen molar-refractivity contribution in [3.05, 3.63) is 39.7 Å². The lowest BCUT2D eigenvalue weighted by Gasteiger charge is -2.22. The van der Waals surface area contributed by atoms with E-state index in [1.165, 1.54) is 6.07 Å². The van der Waals surface area contributed by atoms with Crippen molar-refractivity contribution < 1.29 is 24.4 Å². The average Bonchev–Trinajstić information content (AvgIpc) is 3.31. The van der Waals surface area contributed by atoms with Gasteiger partial charge in [-0.2, -0.15) is 0 Å². The molecule has 0 aliphatic carbocycles. The van der Waals surface area contributed by atoms with Crippen LogP contribution in [0.3, 0.4) is 0 Å². The summed E-state index contributed by atoms with van der Waals surface area (Å²) in [6.07, 6.45) is 1.92. The topological polar surface area (TPSA) is 135 Å². The average molecular weight is 475 g/mol. The minimum absolute atomic E-state index is 0. The van der Waals surface area contributed by atoms with Crippen LogP contribution >= 0.6 is 27.7 Å². The summed E-state index contributed by atoms with van der Waals surface area (Å²) in [6, 6.07) is 4.41. The first-order valence-electron chi connectivity index (χ1n) is 8.37. The quantitative estimate of drug-likeness (QED) is 0.464. The van der Waals surface area contributed by atoms with Gasteiger partial charge in [-0.15, -0.1) is 0 Å². The summed E-state index contributed by atoms with van der Waals surface area (Å²) in [6.45, 7) is 0.606. The van der Waals surface area contributed by atoms with Crippen LogP contribution in [0.15, 0.2) is 32.3 Å². The Bertz CT molecular complexity index is 850. The van der Waals surface area contributed by atoms with Crippen LogP contribution in [0.25, 0.3) is 0 Å². The molecule has 2 aromatic rings. The molecule has 0 unspecified atom stereocenters. The number of amides is 1. The van der Waals surface area contributed by atoms with Gasteiger partial charge in [-0.3, -0.25) is 4.79 Å². The number of thioether (sulfide) groups is 1. The summed E-state index contributed by atoms with van der Waals surface area (Å²) in [4.78, 5) is 14.1. The number of benzene rings is 1. The van der Waals surface area contributed by atoms with Crippen molar-refractivity contribution in [3.8, 4) is 0 Å². The molecule has 1 fully saturated rings. The smallest absolute Gasteiger partial charge is 0.233 e. The minimum atomic E-state index is -0.369. The summed E-state index contributed by atoms with van der Waals surface area (Å²) in [7, 11) is 0. The summed E-state index contributed by atoms with van der Waals surface area (Å²) in [5.74, 6) is -0.321. The third-order valence-electron chi connectivity index (χ3n) is 4.35. The van der Waals surface area contributed by atoms with E-state index in [0.717, 1.165) is 30.2 Å². The van der Waals surface area contributed by atoms with E-state index in [0.29, 0.717) is 16.0 Å². The molecule has 1 atom stereocenters. The van der Waals surface area contributed by atoms with Gasteiger partial charge in [0.15, 0.2) is 10.7 Å². The lowest BCUT2D eigenvalue weighted by atomic mass is 10.1. The first-order valence-corrected chi connectivity index (χ1v) is 10.1. The molecule has 1 amide bonds. The van der Waals surface area contributed by atoms with E-state index >= 15 is 0 Å². The predicted octanol–water partition coefficient (Wildman–Crippen LogP) is 1.83. The third kappa shape index (κ3) is 5.16. The van der Waals surface area contributed by atoms with Crippen LogP contribution in [0.5, 0.6) is 0 Å². The van der Waals surface area contributed by atoms with Gasteiger partial charge in [0.1, 0.15) is 5.82 Å².